The van der Waals surface area contributed by atoms with Crippen LogP contribution in [0.15, 0.2) is 48.5 Å². The van der Waals surface area contributed by atoms with Gasteiger partial charge in [-0.05, 0) is 51.3 Å². The van der Waals surface area contributed by atoms with Crippen LogP contribution in [0.5, 0.6) is 0 Å². The highest BCUT2D eigenvalue weighted by atomic mass is 35.5. The van der Waals surface area contributed by atoms with Crippen molar-refractivity contribution >= 4 is 23.4 Å². The van der Waals surface area contributed by atoms with Crippen LogP contribution >= 0.6 is 11.6 Å². The Bertz CT molecular complexity index is 845. The zero-order chi connectivity index (χ0) is 22.3. The fourth-order valence-electron chi connectivity index (χ4n) is 3.30. The number of hydrogen-bond acceptors (Lipinski definition) is 2. The van der Waals surface area contributed by atoms with Gasteiger partial charge in [0.1, 0.15) is 11.9 Å². The average molecular weight is 433 g/mol. The van der Waals surface area contributed by atoms with Crippen LogP contribution in [-0.2, 0) is 22.4 Å². The Morgan fingerprint density at radius 2 is 1.77 bits per heavy atom. The summed E-state index contributed by atoms with van der Waals surface area (Å²) in [6.07, 6.45) is 0.851. The van der Waals surface area contributed by atoms with E-state index in [4.69, 9.17) is 11.6 Å². The summed E-state index contributed by atoms with van der Waals surface area (Å²) in [5.41, 5.74) is 0.790. The number of amides is 2. The van der Waals surface area contributed by atoms with Crippen molar-refractivity contribution in [3.63, 3.8) is 0 Å². The second-order valence-electron chi connectivity index (χ2n) is 8.36. The lowest BCUT2D eigenvalue weighted by atomic mass is 10.0. The van der Waals surface area contributed by atoms with Crippen LogP contribution in [0.1, 0.15) is 45.2 Å². The molecule has 0 aliphatic heterocycles. The Kier molecular flexibility index (Phi) is 8.42. The van der Waals surface area contributed by atoms with Gasteiger partial charge in [0.05, 0.1) is 6.42 Å². The van der Waals surface area contributed by atoms with Crippen molar-refractivity contribution in [1.29, 1.82) is 0 Å². The third-order valence-corrected chi connectivity index (χ3v) is 5.11. The number of nitrogens with zero attached hydrogens (tertiary/aromatic N) is 1. The van der Waals surface area contributed by atoms with Crippen LogP contribution in [0.3, 0.4) is 0 Å². The number of halogens is 2. The standard InChI is InChI=1S/C24H30ClFN2O2/c1-5-21(23(30)27-24(2,3)4)28(15-14-17-10-7-6-8-11-17)22(29)16-18-19(25)12-9-13-20(18)26/h6-13,21H,5,14-16H2,1-4H3,(H,27,30)/t21-/m0/s1. The minimum Gasteiger partial charge on any atom is -0.350 e. The topological polar surface area (TPSA) is 49.4 Å². The lowest BCUT2D eigenvalue weighted by Gasteiger charge is -2.33. The molecule has 1 N–H and O–H groups in total. The molecule has 30 heavy (non-hydrogen) atoms. The smallest absolute Gasteiger partial charge is 0.243 e. The van der Waals surface area contributed by atoms with Gasteiger partial charge in [-0.3, -0.25) is 9.59 Å². The first-order chi connectivity index (χ1) is 14.1. The SMILES string of the molecule is CC[C@@H](C(=O)NC(C)(C)C)N(CCc1ccccc1)C(=O)Cc1c(F)cccc1Cl. The van der Waals surface area contributed by atoms with Crippen LogP contribution in [0.2, 0.25) is 5.02 Å². The third kappa shape index (κ3) is 6.84. The van der Waals surface area contributed by atoms with Crippen LogP contribution in [0.4, 0.5) is 4.39 Å². The van der Waals surface area contributed by atoms with Crippen molar-refractivity contribution in [2.75, 3.05) is 6.54 Å². The lowest BCUT2D eigenvalue weighted by molar-refractivity contribution is -0.140. The molecule has 0 aliphatic rings. The van der Waals surface area contributed by atoms with Crippen molar-refractivity contribution in [2.45, 2.75) is 58.5 Å². The molecule has 0 unspecified atom stereocenters. The molecular formula is C24H30ClFN2O2. The van der Waals surface area contributed by atoms with Gasteiger partial charge in [0, 0.05) is 22.7 Å². The predicted octanol–water partition coefficient (Wildman–Crippen LogP) is 4.79. The van der Waals surface area contributed by atoms with Gasteiger partial charge in [-0.25, -0.2) is 4.39 Å². The van der Waals surface area contributed by atoms with Gasteiger partial charge in [-0.2, -0.15) is 0 Å². The van der Waals surface area contributed by atoms with E-state index in [2.05, 4.69) is 5.32 Å². The van der Waals surface area contributed by atoms with Gasteiger partial charge in [-0.1, -0.05) is 54.9 Å². The fraction of sp³-hybridized carbons (Fsp3) is 0.417. The van der Waals surface area contributed by atoms with Crippen LogP contribution < -0.4 is 5.32 Å². The molecule has 0 fully saturated rings. The molecule has 0 aromatic heterocycles. The molecule has 6 heteroatoms. The minimum atomic E-state index is -0.647. The van der Waals surface area contributed by atoms with Crippen molar-refractivity contribution in [1.82, 2.24) is 10.2 Å². The van der Waals surface area contributed by atoms with Crippen LogP contribution in [-0.4, -0.2) is 34.8 Å². The first kappa shape index (κ1) is 23.9. The van der Waals surface area contributed by atoms with Gasteiger partial charge < -0.3 is 10.2 Å². The lowest BCUT2D eigenvalue weighted by Crippen LogP contribution is -2.54. The molecule has 2 rings (SSSR count). The van der Waals surface area contributed by atoms with E-state index in [1.165, 1.54) is 12.1 Å². The third-order valence-electron chi connectivity index (χ3n) is 4.76. The zero-order valence-electron chi connectivity index (χ0n) is 18.0. The number of hydrogen-bond donors (Lipinski definition) is 1. The summed E-state index contributed by atoms with van der Waals surface area (Å²) in [6.45, 7) is 7.91. The molecule has 0 spiro atoms. The molecule has 2 aromatic rings. The highest BCUT2D eigenvalue weighted by Crippen LogP contribution is 2.21. The molecule has 0 radical (unpaired) electrons. The van der Waals surface area contributed by atoms with Gasteiger partial charge in [-0.15, -0.1) is 0 Å². The Morgan fingerprint density at radius 3 is 2.33 bits per heavy atom. The average Bonchev–Trinajstić information content (AvgIpc) is 2.67. The highest BCUT2D eigenvalue weighted by Gasteiger charge is 2.31. The van der Waals surface area contributed by atoms with E-state index in [-0.39, 0.29) is 28.8 Å². The molecule has 162 valence electrons. The Hall–Kier alpha value is -2.40. The Labute approximate surface area is 183 Å². The van der Waals surface area contributed by atoms with E-state index in [1.807, 2.05) is 58.0 Å². The summed E-state index contributed by atoms with van der Waals surface area (Å²) in [4.78, 5) is 27.7. The maximum Gasteiger partial charge on any atom is 0.243 e. The normalized spacial score (nSPS) is 12.3. The Morgan fingerprint density at radius 1 is 1.10 bits per heavy atom. The van der Waals surface area contributed by atoms with Crippen LogP contribution in [0, 0.1) is 5.82 Å². The molecule has 0 heterocycles. The summed E-state index contributed by atoms with van der Waals surface area (Å²) in [7, 11) is 0. The van der Waals surface area contributed by atoms with E-state index in [1.54, 1.807) is 11.0 Å². The number of carbonyl (C=O) groups is 2. The zero-order valence-corrected chi connectivity index (χ0v) is 18.8. The quantitative estimate of drug-likeness (QED) is 0.652. The molecule has 4 nitrogen and oxygen atoms in total. The summed E-state index contributed by atoms with van der Waals surface area (Å²) in [6, 6.07) is 13.5. The number of carbonyl (C=O) groups excluding carboxylic acids is 2. The second-order valence-corrected chi connectivity index (χ2v) is 8.77. The summed E-state index contributed by atoms with van der Waals surface area (Å²) in [5, 5.41) is 3.16. The monoisotopic (exact) mass is 432 g/mol. The predicted molar refractivity (Wildman–Crippen MR) is 119 cm³/mol. The van der Waals surface area contributed by atoms with E-state index in [9.17, 15) is 14.0 Å². The second kappa shape index (κ2) is 10.6. The summed E-state index contributed by atoms with van der Waals surface area (Å²) >= 11 is 6.12. The largest absolute Gasteiger partial charge is 0.350 e. The molecule has 2 aromatic carbocycles. The molecule has 0 bridgehead atoms. The highest BCUT2D eigenvalue weighted by molar-refractivity contribution is 6.31. The molecule has 0 saturated carbocycles. The van der Waals surface area contributed by atoms with Crippen molar-refractivity contribution < 1.29 is 14.0 Å². The summed E-state index contributed by atoms with van der Waals surface area (Å²) in [5.74, 6) is -1.06. The number of nitrogens with one attached hydrogen (secondary N) is 1. The van der Waals surface area contributed by atoms with E-state index < -0.39 is 17.4 Å². The maximum atomic E-state index is 14.3. The number of benzene rings is 2. The van der Waals surface area contributed by atoms with Gasteiger partial charge in [0.25, 0.3) is 0 Å². The van der Waals surface area contributed by atoms with E-state index in [0.717, 1.165) is 5.56 Å². The number of rotatable bonds is 8. The van der Waals surface area contributed by atoms with E-state index >= 15 is 0 Å². The van der Waals surface area contributed by atoms with Gasteiger partial charge >= 0.3 is 0 Å². The van der Waals surface area contributed by atoms with Gasteiger partial charge in [0.15, 0.2) is 0 Å². The first-order valence-electron chi connectivity index (χ1n) is 10.2. The Balaban J connectivity index is 2.28. The van der Waals surface area contributed by atoms with Crippen molar-refractivity contribution in [2.24, 2.45) is 0 Å². The van der Waals surface area contributed by atoms with Crippen molar-refractivity contribution in [3.05, 3.63) is 70.5 Å². The maximum absolute atomic E-state index is 14.3. The molecule has 2 amide bonds. The molecule has 1 atom stereocenters. The minimum absolute atomic E-state index is 0.153. The molecule has 0 aliphatic carbocycles. The molecule has 0 saturated heterocycles. The van der Waals surface area contributed by atoms with Crippen LogP contribution in [0.25, 0.3) is 0 Å². The van der Waals surface area contributed by atoms with Gasteiger partial charge in [0.2, 0.25) is 11.8 Å². The summed E-state index contributed by atoms with van der Waals surface area (Å²) < 4.78 is 14.3. The first-order valence-corrected chi connectivity index (χ1v) is 10.6. The van der Waals surface area contributed by atoms with Crippen molar-refractivity contribution in [3.8, 4) is 0 Å². The molecular weight excluding hydrogens is 403 g/mol. The van der Waals surface area contributed by atoms with E-state index in [0.29, 0.717) is 19.4 Å². The fourth-order valence-corrected chi connectivity index (χ4v) is 3.53.